The van der Waals surface area contributed by atoms with E-state index in [1.807, 2.05) is 12.1 Å². The zero-order chi connectivity index (χ0) is 18.1. The number of amides is 2. The van der Waals surface area contributed by atoms with E-state index in [4.69, 9.17) is 4.74 Å². The van der Waals surface area contributed by atoms with Crippen molar-refractivity contribution in [3.63, 3.8) is 0 Å². The molecule has 0 radical (unpaired) electrons. The van der Waals surface area contributed by atoms with E-state index < -0.39 is 0 Å². The molecule has 2 heterocycles. The normalized spacial score (nSPS) is 16.2. The molecule has 0 spiro atoms. The number of benzene rings is 2. The monoisotopic (exact) mass is 354 g/mol. The Morgan fingerprint density at radius 2 is 1.42 bits per heavy atom. The average molecular weight is 354 g/mol. The van der Waals surface area contributed by atoms with E-state index in [-0.39, 0.29) is 17.6 Å². The Labute approximate surface area is 151 Å². The molecule has 4 rings (SSSR count). The lowest BCUT2D eigenvalue weighted by Crippen LogP contribution is -2.50. The molecule has 2 aliphatic rings. The Morgan fingerprint density at radius 1 is 0.846 bits per heavy atom. The van der Waals surface area contributed by atoms with E-state index in [9.17, 15) is 14.0 Å². The van der Waals surface area contributed by atoms with Crippen LogP contribution in [0.4, 0.5) is 4.39 Å². The SMILES string of the molecule is O=C(c1ccc(F)cc1)N1CCN(C(=O)c2ccc3c(c2)CCO3)CC1. The van der Waals surface area contributed by atoms with Gasteiger partial charge in [0.05, 0.1) is 6.61 Å². The van der Waals surface area contributed by atoms with Crippen LogP contribution in [0, 0.1) is 5.82 Å². The maximum absolute atomic E-state index is 13.0. The van der Waals surface area contributed by atoms with Crippen LogP contribution in [0.5, 0.6) is 5.75 Å². The molecule has 0 atom stereocenters. The van der Waals surface area contributed by atoms with Gasteiger partial charge in [-0.05, 0) is 48.0 Å². The number of piperazine rings is 1. The fraction of sp³-hybridized carbons (Fsp3) is 0.300. The lowest BCUT2D eigenvalue weighted by Gasteiger charge is -2.35. The number of fused-ring (bicyclic) bond motifs is 1. The minimum atomic E-state index is -0.364. The van der Waals surface area contributed by atoms with Crippen molar-refractivity contribution in [2.45, 2.75) is 6.42 Å². The van der Waals surface area contributed by atoms with Crippen LogP contribution in [0.15, 0.2) is 42.5 Å². The van der Waals surface area contributed by atoms with E-state index in [1.165, 1.54) is 24.3 Å². The molecule has 26 heavy (non-hydrogen) atoms. The standard InChI is InChI=1S/C20H19FN2O3/c21-17-4-1-14(2-5-17)19(24)22-8-10-23(11-9-22)20(25)16-3-6-18-15(13-16)7-12-26-18/h1-6,13H,7-12H2. The van der Waals surface area contributed by atoms with Crippen LogP contribution in [0.1, 0.15) is 26.3 Å². The van der Waals surface area contributed by atoms with Gasteiger partial charge in [-0.1, -0.05) is 0 Å². The third-order valence-corrected chi connectivity index (χ3v) is 4.88. The molecule has 5 nitrogen and oxygen atoms in total. The molecule has 2 amide bonds. The molecular weight excluding hydrogens is 335 g/mol. The topological polar surface area (TPSA) is 49.9 Å². The predicted octanol–water partition coefficient (Wildman–Crippen LogP) is 2.36. The third kappa shape index (κ3) is 3.14. The Kier molecular flexibility index (Phi) is 4.32. The summed E-state index contributed by atoms with van der Waals surface area (Å²) in [5, 5.41) is 0. The first-order valence-corrected chi connectivity index (χ1v) is 8.72. The number of hydrogen-bond donors (Lipinski definition) is 0. The van der Waals surface area contributed by atoms with Crippen molar-refractivity contribution >= 4 is 11.8 Å². The van der Waals surface area contributed by atoms with Crippen molar-refractivity contribution in [1.29, 1.82) is 0 Å². The molecule has 0 aromatic heterocycles. The first-order chi connectivity index (χ1) is 12.6. The van der Waals surface area contributed by atoms with Gasteiger partial charge >= 0.3 is 0 Å². The van der Waals surface area contributed by atoms with E-state index >= 15 is 0 Å². The van der Waals surface area contributed by atoms with Crippen molar-refractivity contribution in [3.05, 3.63) is 65.0 Å². The summed E-state index contributed by atoms with van der Waals surface area (Å²) in [6, 6.07) is 11.1. The predicted molar refractivity (Wildman–Crippen MR) is 93.8 cm³/mol. The highest BCUT2D eigenvalue weighted by Gasteiger charge is 2.26. The lowest BCUT2D eigenvalue weighted by atomic mass is 10.1. The minimum absolute atomic E-state index is 0.0198. The molecule has 0 unspecified atom stereocenters. The average Bonchev–Trinajstić information content (AvgIpc) is 3.15. The number of hydrogen-bond acceptors (Lipinski definition) is 3. The van der Waals surface area contributed by atoms with Crippen LogP contribution < -0.4 is 4.74 Å². The number of ether oxygens (including phenoxy) is 1. The van der Waals surface area contributed by atoms with Crippen molar-refractivity contribution < 1.29 is 18.7 Å². The zero-order valence-corrected chi connectivity index (χ0v) is 14.3. The Bertz CT molecular complexity index is 843. The summed E-state index contributed by atoms with van der Waals surface area (Å²) in [5.41, 5.74) is 2.19. The first kappa shape index (κ1) is 16.6. The smallest absolute Gasteiger partial charge is 0.253 e. The van der Waals surface area contributed by atoms with Gasteiger partial charge in [0, 0.05) is 43.7 Å². The van der Waals surface area contributed by atoms with Gasteiger partial charge in [0.25, 0.3) is 11.8 Å². The summed E-state index contributed by atoms with van der Waals surface area (Å²) in [6.45, 7) is 2.57. The van der Waals surface area contributed by atoms with Gasteiger partial charge in [-0.25, -0.2) is 4.39 Å². The Balaban J connectivity index is 1.39. The molecule has 1 fully saturated rings. The molecule has 134 valence electrons. The highest BCUT2D eigenvalue weighted by atomic mass is 19.1. The molecule has 0 bridgehead atoms. The quantitative estimate of drug-likeness (QED) is 0.832. The summed E-state index contributed by atoms with van der Waals surface area (Å²) in [5.74, 6) is 0.341. The molecule has 2 aromatic carbocycles. The fourth-order valence-corrected chi connectivity index (χ4v) is 3.39. The van der Waals surface area contributed by atoms with Crippen molar-refractivity contribution in [3.8, 4) is 5.75 Å². The number of nitrogens with zero attached hydrogens (tertiary/aromatic N) is 2. The second kappa shape index (κ2) is 6.78. The van der Waals surface area contributed by atoms with Gasteiger partial charge in [0.15, 0.2) is 0 Å². The summed E-state index contributed by atoms with van der Waals surface area (Å²) in [4.78, 5) is 28.7. The molecule has 2 aromatic rings. The minimum Gasteiger partial charge on any atom is -0.493 e. The van der Waals surface area contributed by atoms with Gasteiger partial charge in [0.2, 0.25) is 0 Å². The lowest BCUT2D eigenvalue weighted by molar-refractivity contribution is 0.0535. The largest absolute Gasteiger partial charge is 0.493 e. The summed E-state index contributed by atoms with van der Waals surface area (Å²) in [7, 11) is 0. The van der Waals surface area contributed by atoms with E-state index in [2.05, 4.69) is 0 Å². The van der Waals surface area contributed by atoms with Gasteiger partial charge in [-0.2, -0.15) is 0 Å². The number of carbonyl (C=O) groups excluding carboxylic acids is 2. The maximum Gasteiger partial charge on any atom is 0.253 e. The molecule has 0 aliphatic carbocycles. The van der Waals surface area contributed by atoms with E-state index in [0.29, 0.717) is 43.9 Å². The second-order valence-electron chi connectivity index (χ2n) is 6.51. The third-order valence-electron chi connectivity index (χ3n) is 4.88. The van der Waals surface area contributed by atoms with E-state index in [0.717, 1.165) is 17.7 Å². The molecule has 0 saturated carbocycles. The fourth-order valence-electron chi connectivity index (χ4n) is 3.39. The highest BCUT2D eigenvalue weighted by Crippen LogP contribution is 2.26. The van der Waals surface area contributed by atoms with Crippen molar-refractivity contribution in [2.75, 3.05) is 32.8 Å². The number of halogens is 1. The van der Waals surface area contributed by atoms with Crippen LogP contribution in [0.2, 0.25) is 0 Å². The first-order valence-electron chi connectivity index (χ1n) is 8.72. The van der Waals surface area contributed by atoms with Gasteiger partial charge < -0.3 is 14.5 Å². The van der Waals surface area contributed by atoms with Crippen LogP contribution in [-0.4, -0.2) is 54.4 Å². The number of carbonyl (C=O) groups is 2. The van der Waals surface area contributed by atoms with Gasteiger partial charge in [-0.15, -0.1) is 0 Å². The Morgan fingerprint density at radius 3 is 2.08 bits per heavy atom. The van der Waals surface area contributed by atoms with Crippen molar-refractivity contribution in [1.82, 2.24) is 9.80 Å². The zero-order valence-electron chi connectivity index (χ0n) is 14.3. The maximum atomic E-state index is 13.0. The summed E-state index contributed by atoms with van der Waals surface area (Å²) in [6.07, 6.45) is 0.830. The Hall–Kier alpha value is -2.89. The van der Waals surface area contributed by atoms with Crippen LogP contribution in [-0.2, 0) is 6.42 Å². The molecule has 0 N–H and O–H groups in total. The van der Waals surface area contributed by atoms with Gasteiger partial charge in [-0.3, -0.25) is 9.59 Å². The summed E-state index contributed by atoms with van der Waals surface area (Å²) >= 11 is 0. The molecule has 6 heteroatoms. The molecular formula is C20H19FN2O3. The van der Waals surface area contributed by atoms with Crippen molar-refractivity contribution in [2.24, 2.45) is 0 Å². The van der Waals surface area contributed by atoms with Crippen LogP contribution >= 0.6 is 0 Å². The summed E-state index contributed by atoms with van der Waals surface area (Å²) < 4.78 is 18.5. The van der Waals surface area contributed by atoms with Crippen LogP contribution in [0.3, 0.4) is 0 Å². The van der Waals surface area contributed by atoms with Crippen LogP contribution in [0.25, 0.3) is 0 Å². The second-order valence-corrected chi connectivity index (χ2v) is 6.51. The highest BCUT2D eigenvalue weighted by molar-refractivity contribution is 5.96. The van der Waals surface area contributed by atoms with Gasteiger partial charge in [0.1, 0.15) is 11.6 Å². The number of rotatable bonds is 2. The molecule has 2 aliphatic heterocycles. The molecule has 1 saturated heterocycles. The van der Waals surface area contributed by atoms with E-state index in [1.54, 1.807) is 15.9 Å².